The van der Waals surface area contributed by atoms with Crippen molar-refractivity contribution in [2.75, 3.05) is 30.7 Å². The summed E-state index contributed by atoms with van der Waals surface area (Å²) in [6, 6.07) is 12.7. The first-order valence-electron chi connectivity index (χ1n) is 9.56. The molecule has 1 aliphatic heterocycles. The number of hydrogen-bond acceptors (Lipinski definition) is 4. The molecule has 0 saturated carbocycles. The van der Waals surface area contributed by atoms with Gasteiger partial charge in [-0.05, 0) is 55.3 Å². The highest BCUT2D eigenvalue weighted by Crippen LogP contribution is 2.24. The molecule has 1 aliphatic rings. The van der Waals surface area contributed by atoms with Crippen LogP contribution in [0.4, 0.5) is 5.69 Å². The summed E-state index contributed by atoms with van der Waals surface area (Å²) in [4.78, 5) is 15.2. The summed E-state index contributed by atoms with van der Waals surface area (Å²) >= 11 is 6.20. The number of likely N-dealkylation sites (tertiary alicyclic amines) is 1. The molecule has 0 aromatic heterocycles. The van der Waals surface area contributed by atoms with Gasteiger partial charge in [-0.25, -0.2) is 8.42 Å². The molecule has 0 spiro atoms. The smallest absolute Gasteiger partial charge is 0.253 e. The highest BCUT2D eigenvalue weighted by atomic mass is 35.5. The van der Waals surface area contributed by atoms with Crippen LogP contribution in [0.2, 0.25) is 5.02 Å². The van der Waals surface area contributed by atoms with Crippen LogP contribution >= 0.6 is 11.6 Å². The molecule has 29 heavy (non-hydrogen) atoms. The van der Waals surface area contributed by atoms with Gasteiger partial charge in [-0.3, -0.25) is 14.0 Å². The fourth-order valence-electron chi connectivity index (χ4n) is 3.41. The third-order valence-corrected chi connectivity index (χ3v) is 6.74. The molecule has 1 amide bonds. The van der Waals surface area contributed by atoms with Gasteiger partial charge in [0.2, 0.25) is 10.0 Å². The molecule has 1 N–H and O–H groups in total. The molecule has 1 saturated heterocycles. The van der Waals surface area contributed by atoms with E-state index in [9.17, 15) is 13.2 Å². The minimum absolute atomic E-state index is 0.247. The van der Waals surface area contributed by atoms with Gasteiger partial charge in [0.1, 0.15) is 0 Å². The molecule has 0 atom stereocenters. The van der Waals surface area contributed by atoms with Crippen molar-refractivity contribution in [1.29, 1.82) is 0 Å². The van der Waals surface area contributed by atoms with Crippen molar-refractivity contribution in [3.05, 3.63) is 64.2 Å². The van der Waals surface area contributed by atoms with Gasteiger partial charge in [0.05, 0.1) is 22.5 Å². The van der Waals surface area contributed by atoms with E-state index in [1.165, 1.54) is 37.6 Å². The molecular weight excluding hydrogens is 410 g/mol. The fourth-order valence-corrected chi connectivity index (χ4v) is 4.11. The van der Waals surface area contributed by atoms with E-state index in [1.54, 1.807) is 6.07 Å². The van der Waals surface area contributed by atoms with Gasteiger partial charge in [-0.1, -0.05) is 35.9 Å². The van der Waals surface area contributed by atoms with Crippen LogP contribution in [0.1, 0.15) is 34.3 Å². The number of hydrogen-bond donors (Lipinski definition) is 1. The van der Waals surface area contributed by atoms with Crippen LogP contribution < -0.4 is 9.62 Å². The Kier molecular flexibility index (Phi) is 6.82. The minimum atomic E-state index is -3.43. The maximum Gasteiger partial charge on any atom is 0.253 e. The number of carbonyl (C=O) groups is 1. The average Bonchev–Trinajstić information content (AvgIpc) is 3.19. The number of nitrogens with one attached hydrogen (secondary N) is 1. The van der Waals surface area contributed by atoms with Crippen LogP contribution in [0.3, 0.4) is 0 Å². The van der Waals surface area contributed by atoms with Gasteiger partial charge in [0.15, 0.2) is 0 Å². The lowest BCUT2D eigenvalue weighted by Crippen LogP contribution is -2.27. The topological polar surface area (TPSA) is 69.7 Å². The maximum atomic E-state index is 12.7. The summed E-state index contributed by atoms with van der Waals surface area (Å²) in [6.45, 7) is 3.47. The Hall–Kier alpha value is -2.09. The van der Waals surface area contributed by atoms with E-state index in [0.717, 1.165) is 35.8 Å². The van der Waals surface area contributed by atoms with Crippen molar-refractivity contribution < 1.29 is 13.2 Å². The Balaban J connectivity index is 1.73. The van der Waals surface area contributed by atoms with E-state index in [1.807, 2.05) is 18.2 Å². The van der Waals surface area contributed by atoms with Gasteiger partial charge in [0, 0.05) is 20.1 Å². The predicted octanol–water partition coefficient (Wildman–Crippen LogP) is 3.26. The largest absolute Gasteiger partial charge is 0.348 e. The Morgan fingerprint density at radius 1 is 1.14 bits per heavy atom. The second-order valence-electron chi connectivity index (χ2n) is 7.33. The summed E-state index contributed by atoms with van der Waals surface area (Å²) in [5, 5.41) is 3.19. The van der Waals surface area contributed by atoms with Crippen LogP contribution in [0.15, 0.2) is 42.5 Å². The van der Waals surface area contributed by atoms with Gasteiger partial charge in [0.25, 0.3) is 5.91 Å². The zero-order chi connectivity index (χ0) is 21.0. The van der Waals surface area contributed by atoms with Crippen LogP contribution in [0.5, 0.6) is 0 Å². The predicted molar refractivity (Wildman–Crippen MR) is 117 cm³/mol. The summed E-state index contributed by atoms with van der Waals surface area (Å²) in [5.41, 5.74) is 2.90. The Labute approximate surface area is 177 Å². The van der Waals surface area contributed by atoms with Crippen LogP contribution in [0.25, 0.3) is 0 Å². The van der Waals surface area contributed by atoms with E-state index in [4.69, 9.17) is 11.6 Å². The molecule has 2 aromatic rings. The zero-order valence-corrected chi connectivity index (χ0v) is 18.3. The molecule has 0 bridgehead atoms. The molecule has 3 rings (SSSR count). The van der Waals surface area contributed by atoms with E-state index in [-0.39, 0.29) is 16.5 Å². The number of benzene rings is 2. The lowest BCUT2D eigenvalue weighted by atomic mass is 10.1. The lowest BCUT2D eigenvalue weighted by molar-refractivity contribution is 0.0951. The van der Waals surface area contributed by atoms with E-state index in [0.29, 0.717) is 12.2 Å². The van der Waals surface area contributed by atoms with Crippen molar-refractivity contribution in [1.82, 2.24) is 10.2 Å². The quantitative estimate of drug-likeness (QED) is 0.724. The number of halogens is 1. The molecule has 0 unspecified atom stereocenters. The van der Waals surface area contributed by atoms with Crippen molar-refractivity contribution in [3.8, 4) is 0 Å². The molecule has 1 fully saturated rings. The van der Waals surface area contributed by atoms with Crippen molar-refractivity contribution >= 4 is 33.2 Å². The molecule has 0 aliphatic carbocycles. The molecule has 6 nitrogen and oxygen atoms in total. The van der Waals surface area contributed by atoms with Crippen LogP contribution in [-0.4, -0.2) is 45.6 Å². The minimum Gasteiger partial charge on any atom is -0.348 e. The summed E-state index contributed by atoms with van der Waals surface area (Å²) in [7, 11) is -1.99. The number of anilines is 1. The van der Waals surface area contributed by atoms with Gasteiger partial charge in [-0.15, -0.1) is 0 Å². The average molecular weight is 436 g/mol. The van der Waals surface area contributed by atoms with Crippen molar-refractivity contribution in [2.45, 2.75) is 25.9 Å². The van der Waals surface area contributed by atoms with E-state index < -0.39 is 10.0 Å². The third kappa shape index (κ3) is 5.50. The van der Waals surface area contributed by atoms with Crippen molar-refractivity contribution in [2.24, 2.45) is 0 Å². The van der Waals surface area contributed by atoms with Gasteiger partial charge >= 0.3 is 0 Å². The van der Waals surface area contributed by atoms with Crippen LogP contribution in [0, 0.1) is 0 Å². The first-order valence-corrected chi connectivity index (χ1v) is 11.8. The van der Waals surface area contributed by atoms with E-state index >= 15 is 0 Å². The number of amides is 1. The first kappa shape index (κ1) is 21.6. The molecular formula is C21H26ClN3O3S. The Morgan fingerprint density at radius 3 is 2.45 bits per heavy atom. The number of rotatable bonds is 7. The second-order valence-corrected chi connectivity index (χ2v) is 9.75. The number of sulfonamides is 1. The number of nitrogens with zero attached hydrogens (tertiary/aromatic N) is 2. The van der Waals surface area contributed by atoms with Gasteiger partial charge < -0.3 is 5.32 Å². The Morgan fingerprint density at radius 2 is 1.79 bits per heavy atom. The molecule has 2 aromatic carbocycles. The molecule has 8 heteroatoms. The fraction of sp³-hybridized carbons (Fsp3) is 0.381. The maximum absolute atomic E-state index is 12.7. The molecule has 0 radical (unpaired) electrons. The first-order chi connectivity index (χ1) is 13.8. The monoisotopic (exact) mass is 435 g/mol. The SMILES string of the molecule is CN(c1ccc(Cl)c(C(=O)NCc2ccccc2CN2CCCC2)c1)S(C)(=O)=O. The summed E-state index contributed by atoms with van der Waals surface area (Å²) in [6.07, 6.45) is 3.57. The van der Waals surface area contributed by atoms with Crippen LogP contribution in [-0.2, 0) is 23.1 Å². The van der Waals surface area contributed by atoms with E-state index in [2.05, 4.69) is 16.3 Å². The number of carbonyl (C=O) groups excluding carboxylic acids is 1. The normalized spacial score (nSPS) is 14.7. The molecule has 1 heterocycles. The van der Waals surface area contributed by atoms with Crippen molar-refractivity contribution in [3.63, 3.8) is 0 Å². The van der Waals surface area contributed by atoms with Gasteiger partial charge in [-0.2, -0.15) is 0 Å². The standard InChI is InChI=1S/C21H26ClN3O3S/c1-24(29(2,27)28)18-9-10-20(22)19(13-18)21(26)23-14-16-7-3-4-8-17(16)15-25-11-5-6-12-25/h3-4,7-10,13H,5-6,11-12,14-15H2,1-2H3,(H,23,26). The highest BCUT2D eigenvalue weighted by molar-refractivity contribution is 7.92. The highest BCUT2D eigenvalue weighted by Gasteiger charge is 2.18. The molecule has 156 valence electrons. The summed E-state index contributed by atoms with van der Waals surface area (Å²) < 4.78 is 24.7. The summed E-state index contributed by atoms with van der Waals surface area (Å²) in [5.74, 6) is -0.338. The Bertz CT molecular complexity index is 988. The third-order valence-electron chi connectivity index (χ3n) is 5.21. The second kappa shape index (κ2) is 9.15. The lowest BCUT2D eigenvalue weighted by Gasteiger charge is -2.19. The zero-order valence-electron chi connectivity index (χ0n) is 16.7.